The fourth-order valence-electron chi connectivity index (χ4n) is 1.72. The third-order valence-corrected chi connectivity index (χ3v) is 2.73. The lowest BCUT2D eigenvalue weighted by molar-refractivity contribution is 0.251. The molecule has 0 saturated carbocycles. The van der Waals surface area contributed by atoms with Gasteiger partial charge in [-0.2, -0.15) is 0 Å². The number of hydrogen-bond donors (Lipinski definition) is 3. The molecule has 0 fully saturated rings. The minimum Gasteiger partial charge on any atom is -0.504 e. The van der Waals surface area contributed by atoms with Crippen LogP contribution >= 0.6 is 0 Å². The highest BCUT2D eigenvalue weighted by Crippen LogP contribution is 2.26. The van der Waals surface area contributed by atoms with E-state index in [-0.39, 0.29) is 11.8 Å². The Bertz CT molecular complexity index is 585. The molecule has 2 amide bonds. The van der Waals surface area contributed by atoms with Gasteiger partial charge >= 0.3 is 6.03 Å². The van der Waals surface area contributed by atoms with Gasteiger partial charge in [0.15, 0.2) is 11.5 Å². The predicted molar refractivity (Wildman–Crippen MR) is 77.0 cm³/mol. The summed E-state index contributed by atoms with van der Waals surface area (Å²) in [6.45, 7) is 0.316. The van der Waals surface area contributed by atoms with Crippen molar-refractivity contribution < 1.29 is 14.6 Å². The molecule has 0 saturated heterocycles. The van der Waals surface area contributed by atoms with Gasteiger partial charge in [0.1, 0.15) is 0 Å². The number of para-hydroxylation sites is 1. The lowest BCUT2D eigenvalue weighted by Crippen LogP contribution is -2.28. The van der Waals surface area contributed by atoms with E-state index in [0.29, 0.717) is 12.3 Å². The average molecular weight is 272 g/mol. The van der Waals surface area contributed by atoms with Gasteiger partial charge < -0.3 is 20.5 Å². The van der Waals surface area contributed by atoms with Crippen LogP contribution in [0.5, 0.6) is 11.5 Å². The molecule has 0 spiro atoms. The molecule has 0 atom stereocenters. The van der Waals surface area contributed by atoms with Gasteiger partial charge in [-0.25, -0.2) is 4.79 Å². The summed E-state index contributed by atoms with van der Waals surface area (Å²) in [6.07, 6.45) is 0. The highest BCUT2D eigenvalue weighted by Gasteiger charge is 2.04. The number of ether oxygens (including phenoxy) is 1. The van der Waals surface area contributed by atoms with Crippen molar-refractivity contribution >= 4 is 11.7 Å². The number of hydrogen-bond acceptors (Lipinski definition) is 3. The molecular formula is C15H16N2O3. The Morgan fingerprint density at radius 3 is 2.60 bits per heavy atom. The molecule has 0 aliphatic heterocycles. The number of anilines is 1. The Balaban J connectivity index is 1.89. The number of aromatic hydroxyl groups is 1. The van der Waals surface area contributed by atoms with Crippen molar-refractivity contribution in [2.45, 2.75) is 6.54 Å². The molecule has 20 heavy (non-hydrogen) atoms. The van der Waals surface area contributed by atoms with Crippen LogP contribution in [0, 0.1) is 0 Å². The molecule has 0 radical (unpaired) electrons. The van der Waals surface area contributed by atoms with Crippen molar-refractivity contribution in [2.75, 3.05) is 12.4 Å². The maximum absolute atomic E-state index is 11.7. The van der Waals surface area contributed by atoms with Crippen molar-refractivity contribution in [1.82, 2.24) is 5.32 Å². The van der Waals surface area contributed by atoms with E-state index in [9.17, 15) is 9.90 Å². The highest BCUT2D eigenvalue weighted by atomic mass is 16.5. The zero-order chi connectivity index (χ0) is 14.4. The molecule has 0 aliphatic rings. The lowest BCUT2D eigenvalue weighted by Gasteiger charge is -2.09. The highest BCUT2D eigenvalue weighted by molar-refractivity contribution is 5.89. The van der Waals surface area contributed by atoms with Gasteiger partial charge in [-0.15, -0.1) is 0 Å². The Hall–Kier alpha value is -2.69. The summed E-state index contributed by atoms with van der Waals surface area (Å²) in [4.78, 5) is 11.7. The normalized spacial score (nSPS) is 9.85. The monoisotopic (exact) mass is 272 g/mol. The van der Waals surface area contributed by atoms with Crippen molar-refractivity contribution in [3.63, 3.8) is 0 Å². The molecule has 5 nitrogen and oxygen atoms in total. The second-order valence-corrected chi connectivity index (χ2v) is 4.18. The maximum atomic E-state index is 11.7. The summed E-state index contributed by atoms with van der Waals surface area (Å²) < 4.78 is 4.95. The van der Waals surface area contributed by atoms with E-state index >= 15 is 0 Å². The number of urea groups is 1. The molecule has 2 aromatic rings. The summed E-state index contributed by atoms with van der Waals surface area (Å²) in [7, 11) is 1.49. The topological polar surface area (TPSA) is 70.6 Å². The summed E-state index contributed by atoms with van der Waals surface area (Å²) in [5.41, 5.74) is 1.51. The van der Waals surface area contributed by atoms with Crippen molar-refractivity contribution in [3.8, 4) is 11.5 Å². The molecule has 0 bridgehead atoms. The Kier molecular flexibility index (Phi) is 4.44. The van der Waals surface area contributed by atoms with Gasteiger partial charge in [0.25, 0.3) is 0 Å². The molecule has 3 N–H and O–H groups in total. The van der Waals surface area contributed by atoms with E-state index in [2.05, 4.69) is 10.6 Å². The quantitative estimate of drug-likeness (QED) is 0.801. The first-order valence-electron chi connectivity index (χ1n) is 6.15. The van der Waals surface area contributed by atoms with E-state index in [4.69, 9.17) is 4.74 Å². The minimum atomic E-state index is -0.300. The molecular weight excluding hydrogens is 256 g/mol. The number of carbonyl (C=O) groups excluding carboxylic acids is 1. The van der Waals surface area contributed by atoms with Crippen molar-refractivity contribution in [1.29, 1.82) is 0 Å². The summed E-state index contributed by atoms with van der Waals surface area (Å²) >= 11 is 0. The van der Waals surface area contributed by atoms with Gasteiger partial charge in [-0.3, -0.25) is 0 Å². The number of phenolic OH excluding ortho intramolecular Hbond substituents is 1. The second kappa shape index (κ2) is 6.47. The first kappa shape index (κ1) is 13.7. The Labute approximate surface area is 117 Å². The second-order valence-electron chi connectivity index (χ2n) is 4.18. The zero-order valence-corrected chi connectivity index (χ0v) is 11.1. The van der Waals surface area contributed by atoms with Crippen LogP contribution in [0.15, 0.2) is 48.5 Å². The lowest BCUT2D eigenvalue weighted by atomic mass is 10.2. The Morgan fingerprint density at radius 2 is 1.95 bits per heavy atom. The van der Waals surface area contributed by atoms with Gasteiger partial charge in [-0.1, -0.05) is 24.3 Å². The smallest absolute Gasteiger partial charge is 0.319 e. The average Bonchev–Trinajstić information content (AvgIpc) is 2.46. The largest absolute Gasteiger partial charge is 0.504 e. The number of benzene rings is 2. The molecule has 0 aromatic heterocycles. The molecule has 104 valence electrons. The molecule has 0 heterocycles. The van der Waals surface area contributed by atoms with Crippen LogP contribution in [0.2, 0.25) is 0 Å². The van der Waals surface area contributed by atoms with Crippen LogP contribution < -0.4 is 15.4 Å². The maximum Gasteiger partial charge on any atom is 0.319 e. The standard InChI is InChI=1S/C15H16N2O3/c1-20-14-8-7-11(9-13(14)18)10-16-15(19)17-12-5-3-2-4-6-12/h2-9,18H,10H2,1H3,(H2,16,17,19). The third kappa shape index (κ3) is 3.65. The molecule has 2 rings (SSSR count). The molecule has 0 aliphatic carbocycles. The van der Waals surface area contributed by atoms with Crippen molar-refractivity contribution in [2.24, 2.45) is 0 Å². The number of methoxy groups -OCH3 is 1. The Morgan fingerprint density at radius 1 is 1.20 bits per heavy atom. The zero-order valence-electron chi connectivity index (χ0n) is 11.1. The van der Waals surface area contributed by atoms with Gasteiger partial charge in [0.2, 0.25) is 0 Å². The summed E-state index contributed by atoms with van der Waals surface area (Å²) in [6, 6.07) is 13.9. The third-order valence-electron chi connectivity index (χ3n) is 2.73. The van der Waals surface area contributed by atoms with Crippen molar-refractivity contribution in [3.05, 3.63) is 54.1 Å². The minimum absolute atomic E-state index is 0.0512. The first-order valence-corrected chi connectivity index (χ1v) is 6.15. The summed E-state index contributed by atoms with van der Waals surface area (Å²) in [5.74, 6) is 0.456. The van der Waals surface area contributed by atoms with Crippen LogP contribution in [0.3, 0.4) is 0 Å². The molecule has 5 heteroatoms. The van der Waals surface area contributed by atoms with E-state index in [1.54, 1.807) is 30.3 Å². The van der Waals surface area contributed by atoms with E-state index in [1.165, 1.54) is 7.11 Å². The predicted octanol–water partition coefficient (Wildman–Crippen LogP) is 2.72. The van der Waals surface area contributed by atoms with Crippen LogP contribution in [0.1, 0.15) is 5.56 Å². The van der Waals surface area contributed by atoms with Gasteiger partial charge in [0.05, 0.1) is 7.11 Å². The van der Waals surface area contributed by atoms with Crippen LogP contribution in [-0.4, -0.2) is 18.2 Å². The molecule has 0 unspecified atom stereocenters. The van der Waals surface area contributed by atoms with Gasteiger partial charge in [0, 0.05) is 12.2 Å². The van der Waals surface area contributed by atoms with Crippen LogP contribution in [-0.2, 0) is 6.54 Å². The SMILES string of the molecule is COc1ccc(CNC(=O)Nc2ccccc2)cc1O. The molecule has 2 aromatic carbocycles. The number of phenols is 1. The number of nitrogens with one attached hydrogen (secondary N) is 2. The van der Waals surface area contributed by atoms with E-state index in [1.807, 2.05) is 18.2 Å². The fourth-order valence-corrected chi connectivity index (χ4v) is 1.72. The fraction of sp³-hybridized carbons (Fsp3) is 0.133. The van der Waals surface area contributed by atoms with Crippen LogP contribution in [0.4, 0.5) is 10.5 Å². The first-order chi connectivity index (χ1) is 9.69. The number of rotatable bonds is 4. The van der Waals surface area contributed by atoms with E-state index < -0.39 is 0 Å². The number of carbonyl (C=O) groups is 1. The summed E-state index contributed by atoms with van der Waals surface area (Å²) in [5, 5.41) is 15.1. The van der Waals surface area contributed by atoms with Gasteiger partial charge in [-0.05, 0) is 29.8 Å². The van der Waals surface area contributed by atoms with E-state index in [0.717, 1.165) is 11.3 Å². The number of amides is 2. The van der Waals surface area contributed by atoms with Crippen LogP contribution in [0.25, 0.3) is 0 Å².